The average molecular weight is 380 g/mol. The zero-order chi connectivity index (χ0) is 17.0. The van der Waals surface area contributed by atoms with Crippen LogP contribution in [-0.2, 0) is 24.8 Å². The minimum atomic E-state index is -1.15. The maximum atomic E-state index is 12.8. The van der Waals surface area contributed by atoms with E-state index in [0.717, 1.165) is 15.0 Å². The van der Waals surface area contributed by atoms with Crippen LogP contribution in [-0.4, -0.2) is 35.1 Å². The molecule has 124 valence electrons. The number of hydrogen-bond acceptors (Lipinski definition) is 8. The normalized spacial score (nSPS) is 13.1. The second-order valence-electron chi connectivity index (χ2n) is 5.18. The van der Waals surface area contributed by atoms with Gasteiger partial charge in [-0.25, -0.2) is 9.67 Å². The fourth-order valence-electron chi connectivity index (χ4n) is 2.55. The lowest BCUT2D eigenvalue weighted by Crippen LogP contribution is -2.24. The number of fused-ring (bicyclic) bond motifs is 3. The summed E-state index contributed by atoms with van der Waals surface area (Å²) in [5, 5.41) is 5.45. The molecule has 11 heteroatoms. The van der Waals surface area contributed by atoms with Crippen LogP contribution < -0.4 is 11.3 Å². The van der Waals surface area contributed by atoms with E-state index in [1.807, 2.05) is 0 Å². The lowest BCUT2D eigenvalue weighted by molar-refractivity contribution is 0.600. The molecule has 4 aromatic rings. The van der Waals surface area contributed by atoms with Crippen LogP contribution in [0.15, 0.2) is 21.5 Å². The van der Waals surface area contributed by atoms with Crippen LogP contribution >= 0.6 is 22.7 Å². The maximum absolute atomic E-state index is 12.8. The van der Waals surface area contributed by atoms with Crippen LogP contribution in [0.1, 0.15) is 4.88 Å². The SMILES string of the molecule is Cn1c2nc([S+](C)[O-])sc2c2cnn(Cc3cnc(N)s3)c(=O)c21. The predicted octanol–water partition coefficient (Wildman–Crippen LogP) is 1.17. The van der Waals surface area contributed by atoms with Crippen molar-refractivity contribution in [1.29, 1.82) is 0 Å². The highest BCUT2D eigenvalue weighted by atomic mass is 32.2. The minimum absolute atomic E-state index is 0.202. The zero-order valence-corrected chi connectivity index (χ0v) is 15.2. The monoisotopic (exact) mass is 380 g/mol. The molecule has 0 fully saturated rings. The Kier molecular flexibility index (Phi) is 3.60. The number of aromatic nitrogens is 5. The summed E-state index contributed by atoms with van der Waals surface area (Å²) >= 11 is 1.51. The summed E-state index contributed by atoms with van der Waals surface area (Å²) in [5.41, 5.74) is 6.61. The molecule has 24 heavy (non-hydrogen) atoms. The van der Waals surface area contributed by atoms with Crippen molar-refractivity contribution in [2.24, 2.45) is 7.05 Å². The Morgan fingerprint density at radius 2 is 2.17 bits per heavy atom. The molecule has 0 saturated heterocycles. The second-order valence-corrected chi connectivity index (χ2v) is 8.88. The van der Waals surface area contributed by atoms with Gasteiger partial charge in [-0.15, -0.1) is 11.3 Å². The first-order chi connectivity index (χ1) is 11.5. The lowest BCUT2D eigenvalue weighted by Gasteiger charge is -2.03. The molecule has 8 nitrogen and oxygen atoms in total. The van der Waals surface area contributed by atoms with Gasteiger partial charge in [-0.3, -0.25) is 4.79 Å². The van der Waals surface area contributed by atoms with Gasteiger partial charge < -0.3 is 14.9 Å². The molecule has 0 amide bonds. The van der Waals surface area contributed by atoms with Crippen LogP contribution in [0, 0.1) is 0 Å². The topological polar surface area (TPSA) is 115 Å². The molecular formula is C13H12N6O2S3. The van der Waals surface area contributed by atoms with E-state index in [1.54, 1.807) is 30.3 Å². The van der Waals surface area contributed by atoms with Gasteiger partial charge in [-0.1, -0.05) is 11.3 Å². The Labute approximate surface area is 146 Å². The van der Waals surface area contributed by atoms with Crippen molar-refractivity contribution in [2.75, 3.05) is 12.0 Å². The van der Waals surface area contributed by atoms with Gasteiger partial charge in [-0.2, -0.15) is 10.1 Å². The largest absolute Gasteiger partial charge is 0.610 e. The molecule has 0 radical (unpaired) electrons. The molecule has 4 aromatic heterocycles. The Bertz CT molecular complexity index is 1120. The number of nitrogens with zero attached hydrogens (tertiary/aromatic N) is 5. The second kappa shape index (κ2) is 5.55. The summed E-state index contributed by atoms with van der Waals surface area (Å²) in [6.07, 6.45) is 4.89. The number of nitrogen functional groups attached to an aromatic ring is 1. The van der Waals surface area contributed by atoms with Gasteiger partial charge in [-0.05, 0) is 0 Å². The molecule has 4 rings (SSSR count). The summed E-state index contributed by atoms with van der Waals surface area (Å²) in [7, 11) is 1.78. The van der Waals surface area contributed by atoms with E-state index in [1.165, 1.54) is 27.4 Å². The van der Waals surface area contributed by atoms with E-state index in [9.17, 15) is 9.35 Å². The lowest BCUT2D eigenvalue weighted by atomic mass is 10.3. The molecule has 0 bridgehead atoms. The first-order valence-electron chi connectivity index (χ1n) is 6.84. The third kappa shape index (κ3) is 2.32. The molecular weight excluding hydrogens is 368 g/mol. The van der Waals surface area contributed by atoms with Crippen LogP contribution in [0.3, 0.4) is 0 Å². The summed E-state index contributed by atoms with van der Waals surface area (Å²) in [6, 6.07) is 0. The molecule has 0 spiro atoms. The third-order valence-corrected chi connectivity index (χ3v) is 6.85. The van der Waals surface area contributed by atoms with Crippen molar-refractivity contribution in [3.8, 4) is 0 Å². The van der Waals surface area contributed by atoms with Crippen LogP contribution in [0.4, 0.5) is 5.13 Å². The highest BCUT2D eigenvalue weighted by Crippen LogP contribution is 2.32. The number of hydrogen-bond donors (Lipinski definition) is 1. The highest BCUT2D eigenvalue weighted by Gasteiger charge is 2.21. The number of thiazole rings is 2. The van der Waals surface area contributed by atoms with Gasteiger partial charge in [0.1, 0.15) is 11.8 Å². The van der Waals surface area contributed by atoms with Crippen molar-refractivity contribution in [2.45, 2.75) is 10.9 Å². The van der Waals surface area contributed by atoms with Crippen LogP contribution in [0.25, 0.3) is 21.3 Å². The smallest absolute Gasteiger partial charge is 0.303 e. The summed E-state index contributed by atoms with van der Waals surface area (Å²) in [4.78, 5) is 22.0. The van der Waals surface area contributed by atoms with E-state index < -0.39 is 11.2 Å². The molecule has 0 aliphatic rings. The molecule has 0 aromatic carbocycles. The van der Waals surface area contributed by atoms with Crippen LogP contribution in [0.2, 0.25) is 0 Å². The van der Waals surface area contributed by atoms with Gasteiger partial charge >= 0.3 is 4.34 Å². The van der Waals surface area contributed by atoms with Crippen molar-refractivity contribution in [3.63, 3.8) is 0 Å². The average Bonchev–Trinajstić information content (AvgIpc) is 3.20. The van der Waals surface area contributed by atoms with Gasteiger partial charge in [0.2, 0.25) is 0 Å². The molecule has 0 aliphatic heterocycles. The number of anilines is 1. The Hall–Kier alpha value is -1.95. The van der Waals surface area contributed by atoms with E-state index in [-0.39, 0.29) is 5.56 Å². The zero-order valence-electron chi connectivity index (χ0n) is 12.7. The first-order valence-corrected chi connectivity index (χ1v) is 10.0. The summed E-state index contributed by atoms with van der Waals surface area (Å²) in [5.74, 6) is 0. The highest BCUT2D eigenvalue weighted by molar-refractivity contribution is 7.92. The van der Waals surface area contributed by atoms with Gasteiger partial charge in [0.15, 0.2) is 10.8 Å². The van der Waals surface area contributed by atoms with Gasteiger partial charge in [0, 0.05) is 34.7 Å². The number of nitrogens with two attached hydrogens (primary N) is 1. The first kappa shape index (κ1) is 15.6. The Morgan fingerprint density at radius 3 is 2.83 bits per heavy atom. The number of rotatable bonds is 3. The van der Waals surface area contributed by atoms with Gasteiger partial charge in [0.25, 0.3) is 5.56 Å². The van der Waals surface area contributed by atoms with E-state index >= 15 is 0 Å². The fraction of sp³-hybridized carbons (Fsp3) is 0.231. The molecule has 0 aliphatic carbocycles. The minimum Gasteiger partial charge on any atom is -0.610 e. The fourth-order valence-corrected chi connectivity index (χ4v) is 4.99. The van der Waals surface area contributed by atoms with Crippen molar-refractivity contribution < 1.29 is 4.55 Å². The third-order valence-electron chi connectivity index (χ3n) is 3.63. The van der Waals surface area contributed by atoms with E-state index in [2.05, 4.69) is 15.1 Å². The van der Waals surface area contributed by atoms with Gasteiger partial charge in [0.05, 0.1) is 17.4 Å². The standard InChI is InChI=1S/C13H12N6O2S3/c1-18-8-7(9-10(18)17-13(23-9)24(2)21)4-16-19(11(8)20)5-6-3-15-12(14)22-6/h3-4H,5H2,1-2H3,(H2,14,15). The summed E-state index contributed by atoms with van der Waals surface area (Å²) in [6.45, 7) is 0.320. The van der Waals surface area contributed by atoms with Crippen molar-refractivity contribution in [3.05, 3.63) is 27.6 Å². The maximum Gasteiger partial charge on any atom is 0.303 e. The van der Waals surface area contributed by atoms with Crippen molar-refractivity contribution in [1.82, 2.24) is 24.3 Å². The van der Waals surface area contributed by atoms with Crippen molar-refractivity contribution >= 4 is 60.2 Å². The van der Waals surface area contributed by atoms with E-state index in [4.69, 9.17) is 5.73 Å². The molecule has 4 heterocycles. The predicted molar refractivity (Wildman–Crippen MR) is 96.1 cm³/mol. The quantitative estimate of drug-likeness (QED) is 0.534. The molecule has 2 N–H and O–H groups in total. The molecule has 0 saturated carbocycles. The Morgan fingerprint density at radius 1 is 1.38 bits per heavy atom. The Balaban J connectivity index is 1.89. The van der Waals surface area contributed by atoms with E-state index in [0.29, 0.717) is 27.2 Å². The molecule has 1 unspecified atom stereocenters. The van der Waals surface area contributed by atoms with Crippen LogP contribution in [0.5, 0.6) is 0 Å². The molecule has 1 atom stereocenters. The number of aryl methyl sites for hydroxylation is 1. The summed E-state index contributed by atoms with van der Waals surface area (Å²) < 4.78 is 16.1.